The summed E-state index contributed by atoms with van der Waals surface area (Å²) in [6.07, 6.45) is -6.70. The van der Waals surface area contributed by atoms with Gasteiger partial charge in [0.2, 0.25) is 0 Å². The molecule has 0 nitrogen and oxygen atoms in total. The van der Waals surface area contributed by atoms with Crippen LogP contribution in [0.25, 0.3) is 0 Å². The number of hydrogen-bond acceptors (Lipinski definition) is 0. The predicted octanol–water partition coefficient (Wildman–Crippen LogP) is 3.42. The first-order valence-corrected chi connectivity index (χ1v) is 3.70. The molecule has 0 bridgehead atoms. The smallest absolute Gasteiger partial charge is 0.247 e. The molecule has 0 aromatic carbocycles. The van der Waals surface area contributed by atoms with Crippen molar-refractivity contribution in [1.82, 2.24) is 0 Å². The van der Waals surface area contributed by atoms with Crippen molar-refractivity contribution in [1.29, 1.82) is 0 Å². The molecule has 5 heteroatoms. The van der Waals surface area contributed by atoms with Gasteiger partial charge in [-0.15, -0.1) is 0 Å². The standard InChI is InChI=1S/C7H11F5/c1-2-3-5(8)4-7(11,12)6(9)10/h5-6H,2-4H2,1H3/t5-/m0/s1. The zero-order valence-corrected chi connectivity index (χ0v) is 6.67. The summed E-state index contributed by atoms with van der Waals surface area (Å²) in [5.74, 6) is -4.19. The minimum Gasteiger partial charge on any atom is -0.247 e. The zero-order chi connectivity index (χ0) is 9.78. The van der Waals surface area contributed by atoms with Crippen molar-refractivity contribution in [3.63, 3.8) is 0 Å². The predicted molar refractivity (Wildman–Crippen MR) is 35.4 cm³/mol. The van der Waals surface area contributed by atoms with Gasteiger partial charge in [0.25, 0.3) is 0 Å². The summed E-state index contributed by atoms with van der Waals surface area (Å²) in [6.45, 7) is 1.60. The first kappa shape index (κ1) is 11.6. The Kier molecular flexibility index (Phi) is 4.49. The Bertz CT molecular complexity index is 123. The Balaban J connectivity index is 3.88. The quantitative estimate of drug-likeness (QED) is 0.582. The van der Waals surface area contributed by atoms with E-state index in [1.807, 2.05) is 0 Å². The van der Waals surface area contributed by atoms with Crippen LogP contribution in [-0.4, -0.2) is 18.5 Å². The van der Waals surface area contributed by atoms with Crippen LogP contribution in [-0.2, 0) is 0 Å². The van der Waals surface area contributed by atoms with Crippen LogP contribution in [0.2, 0.25) is 0 Å². The highest BCUT2D eigenvalue weighted by molar-refractivity contribution is 4.73. The molecule has 12 heavy (non-hydrogen) atoms. The van der Waals surface area contributed by atoms with Crippen LogP contribution in [0.3, 0.4) is 0 Å². The number of rotatable bonds is 5. The van der Waals surface area contributed by atoms with Crippen molar-refractivity contribution in [2.24, 2.45) is 0 Å². The van der Waals surface area contributed by atoms with E-state index in [2.05, 4.69) is 0 Å². The SMILES string of the molecule is CCC[C@H](F)CC(F)(F)C(F)F. The second-order valence-electron chi connectivity index (χ2n) is 2.65. The molecule has 74 valence electrons. The Hall–Kier alpha value is -0.350. The zero-order valence-electron chi connectivity index (χ0n) is 6.67. The molecule has 0 aromatic rings. The van der Waals surface area contributed by atoms with E-state index >= 15 is 0 Å². The molecule has 0 aromatic heterocycles. The van der Waals surface area contributed by atoms with E-state index in [0.717, 1.165) is 0 Å². The molecule has 0 aliphatic heterocycles. The first-order valence-electron chi connectivity index (χ1n) is 3.70. The van der Waals surface area contributed by atoms with Gasteiger partial charge in [-0.1, -0.05) is 13.3 Å². The van der Waals surface area contributed by atoms with Gasteiger partial charge in [-0.2, -0.15) is 0 Å². The lowest BCUT2D eigenvalue weighted by atomic mass is 10.1. The van der Waals surface area contributed by atoms with Crippen LogP contribution >= 0.6 is 0 Å². The van der Waals surface area contributed by atoms with Crippen molar-refractivity contribution >= 4 is 0 Å². The van der Waals surface area contributed by atoms with Gasteiger partial charge >= 0.3 is 12.3 Å². The molecule has 0 spiro atoms. The Morgan fingerprint density at radius 1 is 1.17 bits per heavy atom. The van der Waals surface area contributed by atoms with Crippen LogP contribution in [0.15, 0.2) is 0 Å². The van der Waals surface area contributed by atoms with Crippen LogP contribution in [0.1, 0.15) is 26.2 Å². The van der Waals surface area contributed by atoms with E-state index in [-0.39, 0.29) is 6.42 Å². The maximum absolute atomic E-state index is 12.4. The van der Waals surface area contributed by atoms with Gasteiger partial charge in [-0.25, -0.2) is 22.0 Å². The number of halogens is 5. The lowest BCUT2D eigenvalue weighted by molar-refractivity contribution is -0.142. The summed E-state index contributed by atoms with van der Waals surface area (Å²) in [4.78, 5) is 0. The van der Waals surface area contributed by atoms with E-state index in [0.29, 0.717) is 6.42 Å². The number of alkyl halides is 5. The molecule has 0 aliphatic rings. The lowest BCUT2D eigenvalue weighted by Gasteiger charge is -2.16. The van der Waals surface area contributed by atoms with Gasteiger partial charge in [0, 0.05) is 6.42 Å². The van der Waals surface area contributed by atoms with Crippen molar-refractivity contribution in [2.75, 3.05) is 0 Å². The van der Waals surface area contributed by atoms with Crippen molar-refractivity contribution in [3.05, 3.63) is 0 Å². The largest absolute Gasteiger partial charge is 0.310 e. The second-order valence-corrected chi connectivity index (χ2v) is 2.65. The van der Waals surface area contributed by atoms with Gasteiger partial charge in [-0.3, -0.25) is 0 Å². The average molecular weight is 190 g/mol. The third kappa shape index (κ3) is 3.88. The molecular formula is C7H11F5. The molecule has 0 saturated carbocycles. The molecular weight excluding hydrogens is 179 g/mol. The van der Waals surface area contributed by atoms with E-state index in [4.69, 9.17) is 0 Å². The van der Waals surface area contributed by atoms with Crippen molar-refractivity contribution in [2.45, 2.75) is 44.7 Å². The first-order chi connectivity index (χ1) is 5.40. The molecule has 0 heterocycles. The van der Waals surface area contributed by atoms with Gasteiger partial charge in [0.15, 0.2) is 0 Å². The molecule has 0 radical (unpaired) electrons. The van der Waals surface area contributed by atoms with Crippen LogP contribution in [0.5, 0.6) is 0 Å². The molecule has 0 N–H and O–H groups in total. The monoisotopic (exact) mass is 190 g/mol. The average Bonchev–Trinajstić information content (AvgIpc) is 1.85. The second kappa shape index (κ2) is 4.62. The summed E-state index contributed by atoms with van der Waals surface area (Å²) in [7, 11) is 0. The highest BCUT2D eigenvalue weighted by Gasteiger charge is 2.42. The van der Waals surface area contributed by atoms with E-state index < -0.39 is 24.9 Å². The molecule has 0 unspecified atom stereocenters. The highest BCUT2D eigenvalue weighted by Crippen LogP contribution is 2.30. The minimum atomic E-state index is -4.19. The van der Waals surface area contributed by atoms with Crippen molar-refractivity contribution < 1.29 is 22.0 Å². The maximum atomic E-state index is 12.4. The lowest BCUT2D eigenvalue weighted by Crippen LogP contribution is -2.30. The fourth-order valence-electron chi connectivity index (χ4n) is 0.800. The van der Waals surface area contributed by atoms with Gasteiger partial charge in [-0.05, 0) is 6.42 Å². The molecule has 0 fully saturated rings. The third-order valence-corrected chi connectivity index (χ3v) is 1.41. The topological polar surface area (TPSA) is 0 Å². The minimum absolute atomic E-state index is 0.0949. The number of hydrogen-bond donors (Lipinski definition) is 0. The third-order valence-electron chi connectivity index (χ3n) is 1.41. The Morgan fingerprint density at radius 3 is 2.00 bits per heavy atom. The molecule has 0 rings (SSSR count). The van der Waals surface area contributed by atoms with E-state index in [1.165, 1.54) is 0 Å². The summed E-state index contributed by atoms with van der Waals surface area (Å²) in [5.41, 5.74) is 0. The van der Waals surface area contributed by atoms with Gasteiger partial charge in [0.05, 0.1) is 0 Å². The van der Waals surface area contributed by atoms with Gasteiger partial charge in [0.1, 0.15) is 6.17 Å². The summed E-state index contributed by atoms with van der Waals surface area (Å²) in [5, 5.41) is 0. The summed E-state index contributed by atoms with van der Waals surface area (Å²) >= 11 is 0. The molecule has 0 amide bonds. The van der Waals surface area contributed by atoms with E-state index in [1.54, 1.807) is 6.92 Å². The fraction of sp³-hybridized carbons (Fsp3) is 1.00. The van der Waals surface area contributed by atoms with Crippen LogP contribution in [0, 0.1) is 0 Å². The fourth-order valence-corrected chi connectivity index (χ4v) is 0.800. The summed E-state index contributed by atoms with van der Waals surface area (Å²) in [6, 6.07) is 0. The summed E-state index contributed by atoms with van der Waals surface area (Å²) < 4.78 is 59.7. The Morgan fingerprint density at radius 2 is 1.67 bits per heavy atom. The Labute approximate surface area is 67.8 Å². The molecule has 0 aliphatic carbocycles. The maximum Gasteiger partial charge on any atom is 0.310 e. The molecule has 1 atom stereocenters. The van der Waals surface area contributed by atoms with Crippen molar-refractivity contribution in [3.8, 4) is 0 Å². The van der Waals surface area contributed by atoms with Crippen LogP contribution < -0.4 is 0 Å². The molecule has 0 saturated heterocycles. The highest BCUT2D eigenvalue weighted by atomic mass is 19.3. The normalized spacial score (nSPS) is 15.2. The van der Waals surface area contributed by atoms with Crippen LogP contribution in [0.4, 0.5) is 22.0 Å². The van der Waals surface area contributed by atoms with Gasteiger partial charge < -0.3 is 0 Å². The van der Waals surface area contributed by atoms with E-state index in [9.17, 15) is 22.0 Å².